The van der Waals surface area contributed by atoms with E-state index in [4.69, 9.17) is 18.9 Å². The van der Waals surface area contributed by atoms with Crippen molar-refractivity contribution in [3.05, 3.63) is 53.1 Å². The Bertz CT molecular complexity index is 704. The molecule has 0 unspecified atom stereocenters. The fourth-order valence-corrected chi connectivity index (χ4v) is 3.08. The second-order valence-electron chi connectivity index (χ2n) is 6.08. The summed E-state index contributed by atoms with van der Waals surface area (Å²) in [5.74, 6) is 2.27. The third kappa shape index (κ3) is 2.63. The number of fused-ring (bicyclic) bond motifs is 1. The molecule has 0 aromatic heterocycles. The van der Waals surface area contributed by atoms with Crippen molar-refractivity contribution in [1.82, 2.24) is 0 Å². The minimum atomic E-state index is -0.389. The highest BCUT2D eigenvalue weighted by molar-refractivity contribution is 5.53. The summed E-state index contributed by atoms with van der Waals surface area (Å²) in [5, 5.41) is 0. The number of hydrogen-bond donors (Lipinski definition) is 0. The molecule has 1 atom stereocenters. The summed E-state index contributed by atoms with van der Waals surface area (Å²) in [6.07, 6.45) is -0.134. The zero-order chi connectivity index (χ0) is 16.6. The minimum absolute atomic E-state index is 0.134. The van der Waals surface area contributed by atoms with E-state index in [1.807, 2.05) is 36.4 Å². The van der Waals surface area contributed by atoms with E-state index in [1.165, 1.54) is 0 Å². The molecule has 2 aromatic carbocycles. The summed E-state index contributed by atoms with van der Waals surface area (Å²) >= 11 is 0. The zero-order valence-electron chi connectivity index (χ0n) is 14.2. The Balaban J connectivity index is 2.09. The third-order valence-electron chi connectivity index (χ3n) is 4.32. The second-order valence-corrected chi connectivity index (χ2v) is 6.08. The van der Waals surface area contributed by atoms with Gasteiger partial charge in [0.15, 0.2) is 11.5 Å². The van der Waals surface area contributed by atoms with E-state index in [2.05, 4.69) is 13.8 Å². The molecule has 23 heavy (non-hydrogen) atoms. The zero-order valence-corrected chi connectivity index (χ0v) is 14.2. The number of benzene rings is 2. The maximum Gasteiger partial charge on any atom is 0.161 e. The maximum atomic E-state index is 6.33. The van der Waals surface area contributed by atoms with Gasteiger partial charge < -0.3 is 18.9 Å². The van der Waals surface area contributed by atoms with E-state index >= 15 is 0 Å². The van der Waals surface area contributed by atoms with Gasteiger partial charge in [0.2, 0.25) is 0 Å². The van der Waals surface area contributed by atoms with Crippen molar-refractivity contribution in [3.63, 3.8) is 0 Å². The van der Waals surface area contributed by atoms with E-state index in [-0.39, 0.29) is 11.7 Å². The van der Waals surface area contributed by atoms with Crippen molar-refractivity contribution in [2.75, 3.05) is 21.3 Å². The fraction of sp³-hybridized carbons (Fsp3) is 0.368. The first-order valence-electron chi connectivity index (χ1n) is 7.58. The van der Waals surface area contributed by atoms with Crippen molar-refractivity contribution in [1.29, 1.82) is 0 Å². The average Bonchev–Trinajstić information content (AvgIpc) is 2.84. The average molecular weight is 314 g/mol. The largest absolute Gasteiger partial charge is 0.497 e. The number of methoxy groups -OCH3 is 3. The molecule has 0 saturated carbocycles. The second kappa shape index (κ2) is 5.78. The van der Waals surface area contributed by atoms with E-state index < -0.39 is 0 Å². The standard InChI is InChI=1S/C19H22O4/c1-19(2)15-11-17(22-5)16(21-4)10-14(15)18(23-19)12-6-8-13(20-3)9-7-12/h6-11,18H,1-5H3/t18-/m0/s1. The topological polar surface area (TPSA) is 36.9 Å². The van der Waals surface area contributed by atoms with Crippen molar-refractivity contribution in [2.45, 2.75) is 25.6 Å². The Morgan fingerprint density at radius 3 is 2.04 bits per heavy atom. The third-order valence-corrected chi connectivity index (χ3v) is 4.32. The first-order valence-corrected chi connectivity index (χ1v) is 7.58. The summed E-state index contributed by atoms with van der Waals surface area (Å²) in [4.78, 5) is 0. The molecular weight excluding hydrogens is 292 g/mol. The van der Waals surface area contributed by atoms with Crippen LogP contribution in [0.15, 0.2) is 36.4 Å². The molecule has 2 aromatic rings. The van der Waals surface area contributed by atoms with Gasteiger partial charge in [0.25, 0.3) is 0 Å². The Kier molecular flexibility index (Phi) is 3.94. The van der Waals surface area contributed by atoms with Crippen molar-refractivity contribution < 1.29 is 18.9 Å². The van der Waals surface area contributed by atoms with E-state index in [0.29, 0.717) is 5.75 Å². The van der Waals surface area contributed by atoms with Crippen molar-refractivity contribution in [2.24, 2.45) is 0 Å². The molecule has 3 rings (SSSR count). The van der Waals surface area contributed by atoms with Crippen LogP contribution < -0.4 is 14.2 Å². The van der Waals surface area contributed by atoms with E-state index in [0.717, 1.165) is 28.2 Å². The van der Waals surface area contributed by atoms with Crippen LogP contribution in [0.25, 0.3) is 0 Å². The molecule has 4 nitrogen and oxygen atoms in total. The smallest absolute Gasteiger partial charge is 0.161 e. The van der Waals surface area contributed by atoms with Crippen LogP contribution in [0.5, 0.6) is 17.2 Å². The molecular formula is C19H22O4. The molecule has 1 aliphatic heterocycles. The van der Waals surface area contributed by atoms with Gasteiger partial charge in [-0.3, -0.25) is 0 Å². The van der Waals surface area contributed by atoms with Crippen LogP contribution in [0.1, 0.15) is 36.6 Å². The summed E-state index contributed by atoms with van der Waals surface area (Å²) in [5.41, 5.74) is 2.93. The molecule has 0 saturated heterocycles. The Labute approximate surface area is 136 Å². The molecule has 0 N–H and O–H groups in total. The SMILES string of the molecule is COc1ccc([C@@H]2OC(C)(C)c3cc(OC)c(OC)cc32)cc1. The molecule has 0 radical (unpaired) electrons. The first kappa shape index (κ1) is 15.7. The number of rotatable bonds is 4. The molecule has 1 aliphatic rings. The van der Waals surface area contributed by atoms with Crippen LogP contribution in [0.2, 0.25) is 0 Å². The number of ether oxygens (including phenoxy) is 4. The van der Waals surface area contributed by atoms with Gasteiger partial charge in [-0.05, 0) is 54.8 Å². The minimum Gasteiger partial charge on any atom is -0.497 e. The highest BCUT2D eigenvalue weighted by Crippen LogP contribution is 2.49. The molecule has 4 heteroatoms. The van der Waals surface area contributed by atoms with E-state index in [1.54, 1.807) is 21.3 Å². The summed E-state index contributed by atoms with van der Waals surface area (Å²) < 4.78 is 22.4. The van der Waals surface area contributed by atoms with Crippen molar-refractivity contribution >= 4 is 0 Å². The van der Waals surface area contributed by atoms with Gasteiger partial charge in [-0.2, -0.15) is 0 Å². The van der Waals surface area contributed by atoms with Gasteiger partial charge in [-0.15, -0.1) is 0 Å². The number of hydrogen-bond acceptors (Lipinski definition) is 4. The quantitative estimate of drug-likeness (QED) is 0.852. The molecule has 0 spiro atoms. The van der Waals surface area contributed by atoms with E-state index in [9.17, 15) is 0 Å². The van der Waals surface area contributed by atoms with Gasteiger partial charge in [-0.1, -0.05) is 12.1 Å². The summed E-state index contributed by atoms with van der Waals surface area (Å²) in [7, 11) is 4.96. The summed E-state index contributed by atoms with van der Waals surface area (Å²) in [6.45, 7) is 4.14. The van der Waals surface area contributed by atoms with Gasteiger partial charge in [0.05, 0.1) is 26.9 Å². The fourth-order valence-electron chi connectivity index (χ4n) is 3.08. The molecule has 0 aliphatic carbocycles. The van der Waals surface area contributed by atoms with Gasteiger partial charge in [0.1, 0.15) is 11.9 Å². The lowest BCUT2D eigenvalue weighted by atomic mass is 9.92. The lowest BCUT2D eigenvalue weighted by molar-refractivity contribution is -0.0341. The monoisotopic (exact) mass is 314 g/mol. The molecule has 0 amide bonds. The molecule has 0 bridgehead atoms. The predicted octanol–water partition coefficient (Wildman–Crippen LogP) is 4.07. The molecule has 122 valence electrons. The Morgan fingerprint density at radius 2 is 1.48 bits per heavy atom. The normalized spacial score (nSPS) is 18.4. The van der Waals surface area contributed by atoms with Gasteiger partial charge in [0, 0.05) is 0 Å². The first-order chi connectivity index (χ1) is 11.0. The van der Waals surface area contributed by atoms with Crippen LogP contribution in [0, 0.1) is 0 Å². The maximum absolute atomic E-state index is 6.33. The van der Waals surface area contributed by atoms with Gasteiger partial charge >= 0.3 is 0 Å². The lowest BCUT2D eigenvalue weighted by Crippen LogP contribution is -2.16. The van der Waals surface area contributed by atoms with Crippen molar-refractivity contribution in [3.8, 4) is 17.2 Å². The Hall–Kier alpha value is -2.20. The molecule has 1 heterocycles. The lowest BCUT2D eigenvalue weighted by Gasteiger charge is -2.21. The highest BCUT2D eigenvalue weighted by atomic mass is 16.5. The summed E-state index contributed by atoms with van der Waals surface area (Å²) in [6, 6.07) is 12.0. The Morgan fingerprint density at radius 1 is 0.870 bits per heavy atom. The van der Waals surface area contributed by atoms with Crippen LogP contribution >= 0.6 is 0 Å². The van der Waals surface area contributed by atoms with Gasteiger partial charge in [-0.25, -0.2) is 0 Å². The van der Waals surface area contributed by atoms with Crippen LogP contribution in [0.3, 0.4) is 0 Å². The van der Waals surface area contributed by atoms with Crippen LogP contribution in [0.4, 0.5) is 0 Å². The highest BCUT2D eigenvalue weighted by Gasteiger charge is 2.39. The van der Waals surface area contributed by atoms with Crippen LogP contribution in [-0.2, 0) is 10.3 Å². The molecule has 0 fully saturated rings. The van der Waals surface area contributed by atoms with Crippen LogP contribution in [-0.4, -0.2) is 21.3 Å². The predicted molar refractivity (Wildman–Crippen MR) is 88.5 cm³/mol.